The first-order valence-electron chi connectivity index (χ1n) is 13.0. The summed E-state index contributed by atoms with van der Waals surface area (Å²) in [6.45, 7) is 1.26. The van der Waals surface area contributed by atoms with Crippen LogP contribution in [0.4, 0.5) is 24.5 Å². The Labute approximate surface area is 250 Å². The average molecular weight is 626 g/mol. The highest BCUT2D eigenvalue weighted by Gasteiger charge is 2.56. The lowest BCUT2D eigenvalue weighted by molar-refractivity contribution is -0.137. The molecule has 1 saturated heterocycles. The maximum Gasteiger partial charge on any atom is 0.418 e. The number of aromatic nitrogens is 1. The first-order chi connectivity index (χ1) is 20.5. The van der Waals surface area contributed by atoms with Gasteiger partial charge in [0.2, 0.25) is 11.8 Å². The van der Waals surface area contributed by atoms with Crippen molar-refractivity contribution in [1.82, 2.24) is 4.98 Å². The molecule has 6 rings (SSSR count). The van der Waals surface area contributed by atoms with E-state index in [1.54, 1.807) is 48.5 Å². The number of hydrogen-bond acceptors (Lipinski definition) is 7. The third-order valence-corrected chi connectivity index (χ3v) is 9.64. The Kier molecular flexibility index (Phi) is 7.38. The van der Waals surface area contributed by atoms with Gasteiger partial charge >= 0.3 is 11.0 Å². The lowest BCUT2D eigenvalue weighted by Gasteiger charge is -2.30. The number of fused-ring (bicyclic) bond motifs is 2. The molecule has 1 aromatic heterocycles. The molecule has 220 valence electrons. The second kappa shape index (κ2) is 11.0. The number of halogens is 3. The van der Waals surface area contributed by atoms with Gasteiger partial charge in [-0.25, -0.2) is 4.90 Å². The summed E-state index contributed by atoms with van der Waals surface area (Å²) in [5, 5.41) is 1.90. The zero-order valence-corrected chi connectivity index (χ0v) is 23.9. The molecule has 0 aliphatic carbocycles. The summed E-state index contributed by atoms with van der Waals surface area (Å²) < 4.78 is 46.0. The van der Waals surface area contributed by atoms with Gasteiger partial charge in [0.1, 0.15) is 11.0 Å². The number of thiazole rings is 1. The van der Waals surface area contributed by atoms with E-state index in [9.17, 15) is 32.3 Å². The summed E-state index contributed by atoms with van der Waals surface area (Å²) in [6, 6.07) is 18.2. The van der Waals surface area contributed by atoms with Crippen molar-refractivity contribution < 1.29 is 32.3 Å². The lowest BCUT2D eigenvalue weighted by atomic mass is 9.82. The van der Waals surface area contributed by atoms with E-state index in [2.05, 4.69) is 10.3 Å². The molecule has 0 bridgehead atoms. The molecule has 0 spiro atoms. The molecule has 2 aliphatic heterocycles. The van der Waals surface area contributed by atoms with Crippen LogP contribution in [0, 0.1) is 12.8 Å². The van der Waals surface area contributed by atoms with Gasteiger partial charge in [-0.1, -0.05) is 71.1 Å². The number of nitrogens with one attached hydrogen (secondary N) is 2. The fraction of sp³-hybridized carbons (Fsp3) is 0.200. The highest BCUT2D eigenvalue weighted by molar-refractivity contribution is 8.00. The minimum absolute atomic E-state index is 0.193. The third kappa shape index (κ3) is 5.34. The van der Waals surface area contributed by atoms with Gasteiger partial charge in [-0.3, -0.25) is 19.2 Å². The highest BCUT2D eigenvalue weighted by atomic mass is 32.2. The zero-order valence-electron chi connectivity index (χ0n) is 22.3. The van der Waals surface area contributed by atoms with Crippen molar-refractivity contribution in [1.29, 1.82) is 0 Å². The van der Waals surface area contributed by atoms with E-state index in [-0.39, 0.29) is 10.6 Å². The Balaban J connectivity index is 1.32. The minimum atomic E-state index is -4.67. The van der Waals surface area contributed by atoms with Crippen LogP contribution in [0.1, 0.15) is 27.5 Å². The number of thioether (sulfide) groups is 1. The van der Waals surface area contributed by atoms with Crippen LogP contribution in [0.5, 0.6) is 5.75 Å². The molecular weight excluding hydrogens is 603 g/mol. The number of aryl methyl sites for hydroxylation is 1. The second-order valence-corrected chi connectivity index (χ2v) is 12.2. The SMILES string of the molecule is Cc1ccc(N2C(=O)C3Sc4[nH]c(=O)sc4C(c4ccccc4OCC(=O)Nc4ccccc4C(F)(F)F)C3C2=O)cc1. The lowest BCUT2D eigenvalue weighted by Crippen LogP contribution is -2.32. The molecule has 3 heterocycles. The molecular formula is C30H22F3N3O5S2. The van der Waals surface area contributed by atoms with E-state index in [1.165, 1.54) is 17.0 Å². The van der Waals surface area contributed by atoms with E-state index in [1.807, 2.05) is 6.92 Å². The number of ether oxygens (including phenoxy) is 1. The Morgan fingerprint density at radius 3 is 2.42 bits per heavy atom. The number of hydrogen-bond donors (Lipinski definition) is 2. The summed E-state index contributed by atoms with van der Waals surface area (Å²) in [5.74, 6) is -3.12. The molecule has 43 heavy (non-hydrogen) atoms. The quantitative estimate of drug-likeness (QED) is 0.271. The number of anilines is 2. The van der Waals surface area contributed by atoms with Crippen molar-refractivity contribution in [2.45, 2.75) is 29.3 Å². The number of H-pyrrole nitrogens is 1. The number of carbonyl (C=O) groups is 3. The van der Waals surface area contributed by atoms with Gasteiger partial charge in [0.05, 0.1) is 27.9 Å². The fourth-order valence-corrected chi connectivity index (χ4v) is 7.84. The molecule has 4 aromatic rings. The fourth-order valence-electron chi connectivity index (χ4n) is 5.34. The molecule has 8 nitrogen and oxygen atoms in total. The molecule has 3 atom stereocenters. The van der Waals surface area contributed by atoms with Gasteiger partial charge in [-0.15, -0.1) is 0 Å². The molecule has 3 aromatic carbocycles. The standard InChI is InChI=1S/C30H22F3N3O5S2/c1-15-10-12-16(13-11-15)36-27(38)23-22(24-26(35-29(40)43-24)42-25(23)28(36)39)17-6-2-5-9-20(17)41-14-21(37)34-19-8-4-3-7-18(19)30(31,32)33/h2-13,22-23,25H,14H2,1H3,(H,34,37)(H,35,40). The van der Waals surface area contributed by atoms with Crippen LogP contribution in [0.15, 0.2) is 82.6 Å². The van der Waals surface area contributed by atoms with Gasteiger partial charge in [-0.05, 0) is 37.3 Å². The van der Waals surface area contributed by atoms with Gasteiger partial charge < -0.3 is 15.0 Å². The van der Waals surface area contributed by atoms with Crippen LogP contribution >= 0.6 is 23.1 Å². The van der Waals surface area contributed by atoms with Crippen molar-refractivity contribution in [2.75, 3.05) is 16.8 Å². The van der Waals surface area contributed by atoms with Crippen LogP contribution in [-0.4, -0.2) is 34.6 Å². The molecule has 3 unspecified atom stereocenters. The summed E-state index contributed by atoms with van der Waals surface area (Å²) >= 11 is 2.06. The van der Waals surface area contributed by atoms with Crippen LogP contribution < -0.4 is 19.8 Å². The van der Waals surface area contributed by atoms with Crippen molar-refractivity contribution in [3.8, 4) is 5.75 Å². The molecule has 3 amide bonds. The second-order valence-electron chi connectivity index (χ2n) is 10.0. The number of amides is 3. The van der Waals surface area contributed by atoms with Crippen molar-refractivity contribution in [3.05, 3.63) is 104 Å². The highest BCUT2D eigenvalue weighted by Crippen LogP contribution is 2.54. The van der Waals surface area contributed by atoms with E-state index >= 15 is 0 Å². The molecule has 2 N–H and O–H groups in total. The van der Waals surface area contributed by atoms with Gasteiger partial charge in [0.15, 0.2) is 6.61 Å². The number of nitrogens with zero attached hydrogens (tertiary/aromatic N) is 1. The van der Waals surface area contributed by atoms with Crippen LogP contribution in [0.3, 0.4) is 0 Å². The average Bonchev–Trinajstić information content (AvgIpc) is 3.46. The summed E-state index contributed by atoms with van der Waals surface area (Å²) in [4.78, 5) is 56.8. The van der Waals surface area contributed by atoms with Gasteiger partial charge in [0, 0.05) is 16.4 Å². The summed E-state index contributed by atoms with van der Waals surface area (Å²) in [5.41, 5.74) is 0.462. The van der Waals surface area contributed by atoms with Gasteiger partial charge in [-0.2, -0.15) is 13.2 Å². The van der Waals surface area contributed by atoms with E-state index < -0.39 is 58.8 Å². The minimum Gasteiger partial charge on any atom is -0.483 e. The maximum absolute atomic E-state index is 13.9. The topological polar surface area (TPSA) is 109 Å². The molecule has 0 saturated carbocycles. The van der Waals surface area contributed by atoms with E-state index in [4.69, 9.17) is 4.74 Å². The number of rotatable bonds is 6. The molecule has 13 heteroatoms. The number of alkyl halides is 3. The molecule has 2 aliphatic rings. The van der Waals surface area contributed by atoms with Crippen LogP contribution in [-0.2, 0) is 20.6 Å². The monoisotopic (exact) mass is 625 g/mol. The Morgan fingerprint density at radius 1 is 0.977 bits per heavy atom. The number of carbonyl (C=O) groups excluding carboxylic acids is 3. The van der Waals surface area contributed by atoms with Crippen molar-refractivity contribution in [3.63, 3.8) is 0 Å². The van der Waals surface area contributed by atoms with Crippen LogP contribution in [0.2, 0.25) is 0 Å². The maximum atomic E-state index is 13.9. The smallest absolute Gasteiger partial charge is 0.418 e. The predicted octanol–water partition coefficient (Wildman–Crippen LogP) is 5.58. The first-order valence-corrected chi connectivity index (χ1v) is 14.7. The Morgan fingerprint density at radius 2 is 1.67 bits per heavy atom. The van der Waals surface area contributed by atoms with E-state index in [0.29, 0.717) is 21.2 Å². The predicted molar refractivity (Wildman–Crippen MR) is 156 cm³/mol. The normalized spacial score (nSPS) is 19.6. The van der Waals surface area contributed by atoms with E-state index in [0.717, 1.165) is 40.8 Å². The van der Waals surface area contributed by atoms with Crippen molar-refractivity contribution in [2.24, 2.45) is 5.92 Å². The zero-order chi connectivity index (χ0) is 30.5. The number of imide groups is 1. The summed E-state index contributed by atoms with van der Waals surface area (Å²) in [6.07, 6.45) is -4.67. The largest absolute Gasteiger partial charge is 0.483 e. The van der Waals surface area contributed by atoms with Gasteiger partial charge in [0.25, 0.3) is 5.91 Å². The van der Waals surface area contributed by atoms with Crippen LogP contribution in [0.25, 0.3) is 0 Å². The van der Waals surface area contributed by atoms with Crippen molar-refractivity contribution >= 4 is 52.2 Å². The molecule has 0 radical (unpaired) electrons. The Bertz CT molecular complexity index is 1800. The molecule has 1 fully saturated rings. The number of aromatic amines is 1. The third-order valence-electron chi connectivity index (χ3n) is 7.24. The first kappa shape index (κ1) is 28.7. The number of para-hydroxylation sites is 2. The number of benzene rings is 3. The summed E-state index contributed by atoms with van der Waals surface area (Å²) in [7, 11) is 0. The Hall–Kier alpha value is -4.36.